The van der Waals surface area contributed by atoms with Crippen LogP contribution in [0.15, 0.2) is 88.2 Å². The van der Waals surface area contributed by atoms with Crippen molar-refractivity contribution in [2.24, 2.45) is 16.2 Å². The topological polar surface area (TPSA) is 142 Å². The average molecular weight is 449 g/mol. The minimum Gasteiger partial charge on any atom is -0.305 e. The number of fused-ring (bicyclic) bond motifs is 1. The molecule has 0 aliphatic heterocycles. The first-order valence-corrected chi connectivity index (χ1v) is 11.0. The monoisotopic (exact) mass is 448 g/mol. The van der Waals surface area contributed by atoms with Crippen LogP contribution in [0.25, 0.3) is 22.0 Å². The molecule has 9 nitrogen and oxygen atoms in total. The number of aryl methyl sites for hydroxylation is 1. The highest BCUT2D eigenvalue weighted by atomic mass is 32.2. The van der Waals surface area contributed by atoms with E-state index in [1.807, 2.05) is 43.3 Å². The molecule has 4 aromatic rings. The number of nitrogens with two attached hydrogens (primary N) is 1. The van der Waals surface area contributed by atoms with Gasteiger partial charge in [-0.2, -0.15) is 8.42 Å². The van der Waals surface area contributed by atoms with Gasteiger partial charge in [0.1, 0.15) is 10.6 Å². The Morgan fingerprint density at radius 3 is 2.34 bits per heavy atom. The molecule has 0 aliphatic carbocycles. The van der Waals surface area contributed by atoms with Crippen molar-refractivity contribution in [1.29, 1.82) is 0 Å². The Hall–Kier alpha value is -4.02. The SMILES string of the molecule is Cc1ccccc1-c1ccc(NNc2cc(S(=O)(=O)O)c3ccccc3c2N=NN)cn1. The van der Waals surface area contributed by atoms with Gasteiger partial charge in [-0.3, -0.25) is 20.4 Å². The zero-order valence-corrected chi connectivity index (χ0v) is 17.8. The van der Waals surface area contributed by atoms with Crippen molar-refractivity contribution in [2.75, 3.05) is 10.9 Å². The van der Waals surface area contributed by atoms with Gasteiger partial charge in [-0.1, -0.05) is 53.8 Å². The van der Waals surface area contributed by atoms with E-state index < -0.39 is 10.1 Å². The molecule has 0 spiro atoms. The van der Waals surface area contributed by atoms with Crippen LogP contribution in [0.2, 0.25) is 0 Å². The van der Waals surface area contributed by atoms with Crippen LogP contribution in [0, 0.1) is 6.92 Å². The summed E-state index contributed by atoms with van der Waals surface area (Å²) in [5.74, 6) is 5.27. The number of benzene rings is 3. The lowest BCUT2D eigenvalue weighted by Crippen LogP contribution is -2.10. The van der Waals surface area contributed by atoms with Gasteiger partial charge in [0.05, 0.1) is 23.3 Å². The second-order valence-corrected chi connectivity index (χ2v) is 8.39. The van der Waals surface area contributed by atoms with Gasteiger partial charge in [-0.05, 0) is 30.7 Å². The molecular formula is C22H20N6O3S. The lowest BCUT2D eigenvalue weighted by Gasteiger charge is -2.15. The highest BCUT2D eigenvalue weighted by molar-refractivity contribution is 7.86. The molecule has 0 atom stereocenters. The van der Waals surface area contributed by atoms with Gasteiger partial charge in [0, 0.05) is 16.3 Å². The number of nitrogens with one attached hydrogen (secondary N) is 2. The third kappa shape index (κ3) is 4.22. The fraction of sp³-hybridized carbons (Fsp3) is 0.0455. The Morgan fingerprint density at radius 1 is 0.969 bits per heavy atom. The number of hydrazine groups is 1. The van der Waals surface area contributed by atoms with Crippen molar-refractivity contribution in [2.45, 2.75) is 11.8 Å². The summed E-state index contributed by atoms with van der Waals surface area (Å²) in [6.07, 6.45) is 1.64. The third-order valence-corrected chi connectivity index (χ3v) is 5.83. The summed E-state index contributed by atoms with van der Waals surface area (Å²) >= 11 is 0. The maximum atomic E-state index is 12.0. The van der Waals surface area contributed by atoms with Gasteiger partial charge in [0.15, 0.2) is 0 Å². The van der Waals surface area contributed by atoms with Crippen LogP contribution in [-0.4, -0.2) is 18.0 Å². The maximum Gasteiger partial charge on any atom is 0.295 e. The molecule has 0 saturated heterocycles. The molecule has 1 heterocycles. The molecule has 10 heteroatoms. The summed E-state index contributed by atoms with van der Waals surface area (Å²) in [5, 5.41) is 8.04. The van der Waals surface area contributed by atoms with E-state index in [9.17, 15) is 13.0 Å². The summed E-state index contributed by atoms with van der Waals surface area (Å²) in [5.41, 5.74) is 10.0. The van der Waals surface area contributed by atoms with E-state index in [-0.39, 0.29) is 10.6 Å². The largest absolute Gasteiger partial charge is 0.305 e. The lowest BCUT2D eigenvalue weighted by atomic mass is 10.1. The molecule has 1 aromatic heterocycles. The maximum absolute atomic E-state index is 12.0. The van der Waals surface area contributed by atoms with E-state index in [4.69, 9.17) is 5.84 Å². The minimum atomic E-state index is -4.49. The van der Waals surface area contributed by atoms with Gasteiger partial charge in [0.2, 0.25) is 0 Å². The third-order valence-electron chi connectivity index (χ3n) is 4.94. The van der Waals surface area contributed by atoms with Crippen LogP contribution < -0.4 is 16.7 Å². The molecule has 0 bridgehead atoms. The van der Waals surface area contributed by atoms with Gasteiger partial charge in [-0.15, -0.1) is 5.11 Å². The zero-order chi connectivity index (χ0) is 22.7. The summed E-state index contributed by atoms with van der Waals surface area (Å²) in [7, 11) is -4.49. The number of rotatable bonds is 6. The Bertz CT molecular complexity index is 1420. The number of aromatic nitrogens is 1. The molecule has 0 unspecified atom stereocenters. The van der Waals surface area contributed by atoms with E-state index in [0.717, 1.165) is 16.8 Å². The predicted molar refractivity (Wildman–Crippen MR) is 124 cm³/mol. The van der Waals surface area contributed by atoms with Crippen molar-refractivity contribution in [3.05, 3.63) is 78.5 Å². The Morgan fingerprint density at radius 2 is 1.69 bits per heavy atom. The zero-order valence-electron chi connectivity index (χ0n) is 17.0. The summed E-state index contributed by atoms with van der Waals surface area (Å²) in [4.78, 5) is 4.22. The van der Waals surface area contributed by atoms with Crippen LogP contribution in [-0.2, 0) is 10.1 Å². The van der Waals surface area contributed by atoms with E-state index in [1.54, 1.807) is 30.5 Å². The van der Waals surface area contributed by atoms with E-state index in [0.29, 0.717) is 22.1 Å². The van der Waals surface area contributed by atoms with E-state index in [2.05, 4.69) is 26.2 Å². The Labute approximate surface area is 184 Å². The highest BCUT2D eigenvalue weighted by Gasteiger charge is 2.19. The first kappa shape index (κ1) is 21.2. The Kier molecular flexibility index (Phi) is 5.71. The van der Waals surface area contributed by atoms with Crippen molar-refractivity contribution in [1.82, 2.24) is 4.98 Å². The van der Waals surface area contributed by atoms with Crippen molar-refractivity contribution >= 4 is 38.0 Å². The summed E-state index contributed by atoms with van der Waals surface area (Å²) in [6.45, 7) is 2.02. The quantitative estimate of drug-likeness (QED) is 0.143. The van der Waals surface area contributed by atoms with E-state index >= 15 is 0 Å². The first-order valence-electron chi connectivity index (χ1n) is 9.57. The standard InChI is InChI=1S/C22H20N6O3S/c1-14-6-2-3-7-16(14)19-11-10-15(13-24-19)25-26-20-12-21(32(29,30)31)17-8-4-5-9-18(17)22(20)27-28-23/h2-13,25-26H,1H3,(H2,23,27)(H,29,30,31). The van der Waals surface area contributed by atoms with Gasteiger partial charge < -0.3 is 5.84 Å². The number of hydrogen-bond acceptors (Lipinski definition) is 7. The molecular weight excluding hydrogens is 428 g/mol. The second kappa shape index (κ2) is 8.61. The van der Waals surface area contributed by atoms with Crippen LogP contribution in [0.1, 0.15) is 5.56 Å². The van der Waals surface area contributed by atoms with Crippen molar-refractivity contribution in [3.8, 4) is 11.3 Å². The van der Waals surface area contributed by atoms with Crippen LogP contribution >= 0.6 is 0 Å². The molecule has 162 valence electrons. The molecule has 32 heavy (non-hydrogen) atoms. The summed E-state index contributed by atoms with van der Waals surface area (Å²) < 4.78 is 33.6. The molecule has 0 fully saturated rings. The smallest absolute Gasteiger partial charge is 0.295 e. The number of pyridine rings is 1. The number of anilines is 2. The first-order chi connectivity index (χ1) is 15.4. The fourth-order valence-electron chi connectivity index (χ4n) is 3.43. The van der Waals surface area contributed by atoms with Crippen LogP contribution in [0.5, 0.6) is 0 Å². The molecule has 0 radical (unpaired) electrons. The predicted octanol–water partition coefficient (Wildman–Crippen LogP) is 4.85. The van der Waals surface area contributed by atoms with Crippen molar-refractivity contribution in [3.63, 3.8) is 0 Å². The molecule has 5 N–H and O–H groups in total. The number of hydrogen-bond donors (Lipinski definition) is 4. The summed E-state index contributed by atoms with van der Waals surface area (Å²) in [6, 6.07) is 19.5. The van der Waals surface area contributed by atoms with Gasteiger partial charge >= 0.3 is 0 Å². The average Bonchev–Trinajstić information content (AvgIpc) is 2.78. The fourth-order valence-corrected chi connectivity index (χ4v) is 4.15. The minimum absolute atomic E-state index is 0.258. The normalized spacial score (nSPS) is 11.7. The molecule has 0 amide bonds. The molecule has 0 aliphatic rings. The molecule has 4 rings (SSSR count). The van der Waals surface area contributed by atoms with Gasteiger partial charge in [0.25, 0.3) is 10.1 Å². The lowest BCUT2D eigenvalue weighted by molar-refractivity contribution is 0.484. The van der Waals surface area contributed by atoms with Crippen LogP contribution in [0.4, 0.5) is 17.1 Å². The van der Waals surface area contributed by atoms with Crippen molar-refractivity contribution < 1.29 is 13.0 Å². The van der Waals surface area contributed by atoms with Crippen LogP contribution in [0.3, 0.4) is 0 Å². The van der Waals surface area contributed by atoms with Gasteiger partial charge in [-0.25, -0.2) is 0 Å². The second-order valence-electron chi connectivity index (χ2n) is 7.00. The number of nitrogens with zero attached hydrogens (tertiary/aromatic N) is 3. The Balaban J connectivity index is 1.69. The molecule has 3 aromatic carbocycles. The molecule has 0 saturated carbocycles. The highest BCUT2D eigenvalue weighted by Crippen LogP contribution is 2.38. The van der Waals surface area contributed by atoms with E-state index in [1.165, 1.54) is 6.07 Å².